The molecule has 4 nitrogen and oxygen atoms in total. The molecule has 7 aromatic rings. The minimum absolute atomic E-state index is 0.203. The molecule has 7 rings (SSSR count). The predicted molar refractivity (Wildman–Crippen MR) is 171 cm³/mol. The van der Waals surface area contributed by atoms with Crippen LogP contribution in [0.15, 0.2) is 139 Å². The summed E-state index contributed by atoms with van der Waals surface area (Å²) in [5.74, 6) is 0.827. The fourth-order valence-corrected chi connectivity index (χ4v) is 5.43. The van der Waals surface area contributed by atoms with Crippen LogP contribution in [0.1, 0.15) is 19.4 Å². The minimum Gasteiger partial charge on any atom is -0.317 e. The van der Waals surface area contributed by atoms with Crippen molar-refractivity contribution in [3.05, 3.63) is 140 Å². The highest BCUT2D eigenvalue weighted by atomic mass is 15.1. The number of fused-ring (bicyclic) bond motifs is 6. The molecule has 0 atom stereocenters. The van der Waals surface area contributed by atoms with Crippen LogP contribution in [0, 0.1) is 5.41 Å². The fraction of sp³-hybridized carbons (Fsp3) is 0.0556. The molecule has 0 spiro atoms. The number of aromatic nitrogens is 2. The van der Waals surface area contributed by atoms with E-state index in [4.69, 9.17) is 10.4 Å². The third-order valence-corrected chi connectivity index (χ3v) is 7.18. The van der Waals surface area contributed by atoms with E-state index in [9.17, 15) is 0 Å². The lowest BCUT2D eigenvalue weighted by atomic mass is 10.0. The van der Waals surface area contributed by atoms with Gasteiger partial charge >= 0.3 is 0 Å². The molecule has 0 unspecified atom stereocenters. The summed E-state index contributed by atoms with van der Waals surface area (Å²) in [5, 5.41) is 14.4. The smallest absolute Gasteiger partial charge is 0.154 e. The maximum Gasteiger partial charge on any atom is 0.154 e. The average molecular weight is 519 g/mol. The van der Waals surface area contributed by atoms with Gasteiger partial charge < -0.3 is 4.57 Å². The Bertz CT molecular complexity index is 2040. The van der Waals surface area contributed by atoms with E-state index < -0.39 is 0 Å². The highest BCUT2D eigenvalue weighted by Gasteiger charge is 2.17. The highest BCUT2D eigenvalue weighted by molar-refractivity contribution is 6.25. The van der Waals surface area contributed by atoms with Gasteiger partial charge in [0.1, 0.15) is 5.84 Å². The van der Waals surface area contributed by atoms with Gasteiger partial charge in [-0.2, -0.15) is 0 Å². The van der Waals surface area contributed by atoms with Gasteiger partial charge in [-0.05, 0) is 47.9 Å². The first-order valence-electron chi connectivity index (χ1n) is 13.6. The van der Waals surface area contributed by atoms with Gasteiger partial charge in [0.25, 0.3) is 0 Å². The van der Waals surface area contributed by atoms with Crippen molar-refractivity contribution >= 4 is 55.2 Å². The van der Waals surface area contributed by atoms with Crippen molar-refractivity contribution in [2.75, 3.05) is 0 Å². The van der Waals surface area contributed by atoms with Gasteiger partial charge in [-0.15, -0.1) is 0 Å². The van der Waals surface area contributed by atoms with Crippen LogP contribution in [-0.2, 0) is 0 Å². The molecule has 2 heterocycles. The van der Waals surface area contributed by atoms with Crippen LogP contribution in [0.4, 0.5) is 0 Å². The third kappa shape index (κ3) is 4.11. The quantitative estimate of drug-likeness (QED) is 0.179. The lowest BCUT2D eigenvalue weighted by Crippen LogP contribution is -2.12. The summed E-state index contributed by atoms with van der Waals surface area (Å²) in [6, 6.07) is 39.5. The van der Waals surface area contributed by atoms with E-state index in [1.807, 2.05) is 56.3 Å². The lowest BCUT2D eigenvalue weighted by Gasteiger charge is -2.11. The van der Waals surface area contributed by atoms with Crippen molar-refractivity contribution in [3.63, 3.8) is 0 Å². The van der Waals surface area contributed by atoms with Crippen molar-refractivity contribution in [1.29, 1.82) is 5.41 Å². The lowest BCUT2D eigenvalue weighted by molar-refractivity contribution is 1.13. The molecule has 4 heteroatoms. The summed E-state index contributed by atoms with van der Waals surface area (Å²) in [6.45, 7) is 8.09. The second-order valence-corrected chi connectivity index (χ2v) is 9.36. The summed E-state index contributed by atoms with van der Waals surface area (Å²) in [4.78, 5) is 4.76. The Morgan fingerprint density at radius 1 is 0.700 bits per heavy atom. The van der Waals surface area contributed by atoms with Crippen LogP contribution in [0.3, 0.4) is 0 Å². The molecule has 0 aliphatic heterocycles. The van der Waals surface area contributed by atoms with E-state index >= 15 is 0 Å². The maximum atomic E-state index is 8.69. The number of benzene rings is 5. The molecule has 1 N–H and O–H groups in total. The monoisotopic (exact) mass is 518 g/mol. The van der Waals surface area contributed by atoms with Crippen LogP contribution in [-0.4, -0.2) is 20.8 Å². The molecular weight excluding hydrogens is 488 g/mol. The largest absolute Gasteiger partial charge is 0.317 e. The summed E-state index contributed by atoms with van der Waals surface area (Å²) in [6.07, 6.45) is 3.87. The van der Waals surface area contributed by atoms with Crippen molar-refractivity contribution in [2.24, 2.45) is 4.99 Å². The molecule has 0 bridgehead atoms. The van der Waals surface area contributed by atoms with Gasteiger partial charge in [-0.25, -0.2) is 4.99 Å². The first kappa shape index (κ1) is 25.1. The van der Waals surface area contributed by atoms with E-state index in [0.717, 1.165) is 49.3 Å². The molecule has 0 aliphatic rings. The fourth-order valence-electron chi connectivity index (χ4n) is 5.43. The minimum atomic E-state index is 0.203. The normalized spacial score (nSPS) is 11.6. The van der Waals surface area contributed by atoms with Crippen molar-refractivity contribution in [2.45, 2.75) is 13.8 Å². The Hall–Kier alpha value is -5.22. The van der Waals surface area contributed by atoms with Crippen molar-refractivity contribution in [1.82, 2.24) is 9.13 Å². The molecule has 0 fully saturated rings. The number of para-hydroxylation sites is 2. The molecule has 40 heavy (non-hydrogen) atoms. The molecule has 194 valence electrons. The average Bonchev–Trinajstić information content (AvgIpc) is 3.59. The first-order valence-corrected chi connectivity index (χ1v) is 13.6. The number of allylic oxidation sites excluding steroid dienone is 1. The van der Waals surface area contributed by atoms with Crippen LogP contribution in [0.25, 0.3) is 49.2 Å². The Morgan fingerprint density at radius 3 is 2.15 bits per heavy atom. The van der Waals surface area contributed by atoms with Crippen LogP contribution in [0.5, 0.6) is 0 Å². The molecule has 5 aromatic carbocycles. The molecule has 0 saturated carbocycles. The number of amidine groups is 1. The second kappa shape index (κ2) is 10.5. The summed E-state index contributed by atoms with van der Waals surface area (Å²) < 4.78 is 4.38. The van der Waals surface area contributed by atoms with Gasteiger partial charge in [0.15, 0.2) is 5.84 Å². The Morgan fingerprint density at radius 2 is 1.40 bits per heavy atom. The Balaban J connectivity index is 0.00000142. The Labute approximate surface area is 233 Å². The van der Waals surface area contributed by atoms with Gasteiger partial charge in [-0.3, -0.25) is 9.98 Å². The number of hydrogen-bond donors (Lipinski definition) is 1. The first-order chi connectivity index (χ1) is 19.7. The van der Waals surface area contributed by atoms with Crippen molar-refractivity contribution in [3.8, 4) is 5.69 Å². The maximum absolute atomic E-state index is 8.69. The summed E-state index contributed by atoms with van der Waals surface area (Å²) in [7, 11) is 0. The summed E-state index contributed by atoms with van der Waals surface area (Å²) >= 11 is 0. The standard InChI is InChI=1S/C34H24N4.C2H6/c1-2-32(36-34(35)23-11-5-3-6-12-23)38-30-16-10-9-15-27(30)28-18-17-24-22-31-25(21-29(24)33(28)38)19-20-37(31)26-13-7-4-8-14-26;1-2/h2-22,35H,1H2;1-2H3. The molecular formula is C36H30N4. The Kier molecular flexibility index (Phi) is 6.59. The van der Waals surface area contributed by atoms with E-state index in [-0.39, 0.29) is 5.84 Å². The zero-order valence-electron chi connectivity index (χ0n) is 22.7. The third-order valence-electron chi connectivity index (χ3n) is 7.18. The highest BCUT2D eigenvalue weighted by Crippen LogP contribution is 2.36. The molecule has 0 aliphatic carbocycles. The molecule has 2 aromatic heterocycles. The van der Waals surface area contributed by atoms with Gasteiger partial charge in [-0.1, -0.05) is 99.3 Å². The number of aliphatic imine (C=N–C) groups is 1. The van der Waals surface area contributed by atoms with Crippen LogP contribution >= 0.6 is 0 Å². The second-order valence-electron chi connectivity index (χ2n) is 9.36. The molecule has 0 amide bonds. The summed E-state index contributed by atoms with van der Waals surface area (Å²) in [5.41, 5.74) is 5.17. The van der Waals surface area contributed by atoms with E-state index in [2.05, 4.69) is 94.7 Å². The number of hydrogen-bond acceptors (Lipinski definition) is 1. The van der Waals surface area contributed by atoms with Crippen LogP contribution in [0.2, 0.25) is 0 Å². The SMILES string of the molecule is C=CC(=NC(=N)c1ccccc1)n1c2ccccc2c2ccc3cc4c(ccn4-c4ccccc4)cc3c21.CC. The van der Waals surface area contributed by atoms with E-state index in [1.54, 1.807) is 6.08 Å². The van der Waals surface area contributed by atoms with E-state index in [0.29, 0.717) is 5.84 Å². The zero-order chi connectivity index (χ0) is 27.6. The van der Waals surface area contributed by atoms with Crippen LogP contribution < -0.4 is 0 Å². The van der Waals surface area contributed by atoms with Crippen molar-refractivity contribution < 1.29 is 0 Å². The van der Waals surface area contributed by atoms with Gasteiger partial charge in [0.2, 0.25) is 0 Å². The van der Waals surface area contributed by atoms with Gasteiger partial charge in [0.05, 0.1) is 16.6 Å². The topological polar surface area (TPSA) is 46.1 Å². The zero-order valence-corrected chi connectivity index (χ0v) is 22.7. The van der Waals surface area contributed by atoms with E-state index in [1.165, 1.54) is 5.39 Å². The number of nitrogens with zero attached hydrogens (tertiary/aromatic N) is 3. The van der Waals surface area contributed by atoms with Gasteiger partial charge in [0, 0.05) is 39.0 Å². The molecule has 0 saturated heterocycles. The number of rotatable bonds is 3. The molecule has 0 radical (unpaired) electrons. The predicted octanol–water partition coefficient (Wildman–Crippen LogP) is 9.38. The number of nitrogens with one attached hydrogen (secondary N) is 1.